The number of hydrogen-bond donors (Lipinski definition) is 2. The van der Waals surface area contributed by atoms with Gasteiger partial charge in [0.05, 0.1) is 17.4 Å². The van der Waals surface area contributed by atoms with Gasteiger partial charge < -0.3 is 5.11 Å². The molecule has 1 aromatic heterocycles. The number of aromatic nitrogens is 2. The third-order valence-corrected chi connectivity index (χ3v) is 4.63. The van der Waals surface area contributed by atoms with E-state index in [0.29, 0.717) is 11.0 Å². The fraction of sp³-hybridized carbons (Fsp3) is 0. The molecule has 0 spiro atoms. The Morgan fingerprint density at radius 2 is 1.85 bits per heavy atom. The summed E-state index contributed by atoms with van der Waals surface area (Å²) in [6, 6.07) is 10.9. The van der Waals surface area contributed by atoms with Crippen LogP contribution in [0.15, 0.2) is 47.4 Å². The van der Waals surface area contributed by atoms with E-state index in [4.69, 9.17) is 0 Å². The van der Waals surface area contributed by atoms with Gasteiger partial charge in [-0.15, -0.1) is 0 Å². The van der Waals surface area contributed by atoms with Gasteiger partial charge in [-0.2, -0.15) is 8.75 Å². The number of benzene rings is 2. The molecule has 3 aromatic rings. The lowest BCUT2D eigenvalue weighted by Gasteiger charge is -2.09. The van der Waals surface area contributed by atoms with Crippen LogP contribution in [0.25, 0.3) is 11.0 Å². The molecular weight excluding hydrogens is 298 g/mol. The lowest BCUT2D eigenvalue weighted by atomic mass is 10.3. The molecule has 2 aromatic carbocycles. The highest BCUT2D eigenvalue weighted by Crippen LogP contribution is 2.27. The molecular formula is C12H9N3O3S2. The number of phenols is 1. The molecule has 8 heteroatoms. The lowest BCUT2D eigenvalue weighted by molar-refractivity contribution is 0.477. The first-order valence-corrected chi connectivity index (χ1v) is 7.81. The van der Waals surface area contributed by atoms with Gasteiger partial charge in [0.2, 0.25) is 0 Å². The summed E-state index contributed by atoms with van der Waals surface area (Å²) in [5.74, 6) is -0.139. The molecule has 0 radical (unpaired) electrons. The molecule has 102 valence electrons. The molecule has 0 aliphatic carbocycles. The average molecular weight is 307 g/mol. The van der Waals surface area contributed by atoms with Gasteiger partial charge in [-0.05, 0) is 24.3 Å². The van der Waals surface area contributed by atoms with Crippen LogP contribution in [0.4, 0.5) is 5.69 Å². The summed E-state index contributed by atoms with van der Waals surface area (Å²) in [7, 11) is -3.84. The van der Waals surface area contributed by atoms with E-state index in [-0.39, 0.29) is 16.3 Å². The van der Waals surface area contributed by atoms with Crippen LogP contribution in [0.5, 0.6) is 5.75 Å². The summed E-state index contributed by atoms with van der Waals surface area (Å²) in [5, 5.41) is 9.64. The predicted molar refractivity (Wildman–Crippen MR) is 76.3 cm³/mol. The quantitative estimate of drug-likeness (QED) is 0.724. The molecule has 6 nitrogen and oxygen atoms in total. The van der Waals surface area contributed by atoms with E-state index >= 15 is 0 Å². The van der Waals surface area contributed by atoms with Crippen molar-refractivity contribution in [3.05, 3.63) is 42.5 Å². The van der Waals surface area contributed by atoms with Crippen LogP contribution in [0, 0.1) is 0 Å². The van der Waals surface area contributed by atoms with Crippen molar-refractivity contribution in [1.29, 1.82) is 0 Å². The van der Waals surface area contributed by atoms with Crippen LogP contribution in [0.2, 0.25) is 0 Å². The van der Waals surface area contributed by atoms with Crippen molar-refractivity contribution in [2.45, 2.75) is 4.90 Å². The van der Waals surface area contributed by atoms with Gasteiger partial charge in [0.25, 0.3) is 10.0 Å². The summed E-state index contributed by atoms with van der Waals surface area (Å²) in [6.07, 6.45) is 0. The number of para-hydroxylation sites is 2. The fourth-order valence-electron chi connectivity index (χ4n) is 1.76. The predicted octanol–water partition coefficient (Wildman–Crippen LogP) is 2.20. The SMILES string of the molecule is O=S(=O)(Nc1ccccc1O)c1cccc2nsnc12. The molecule has 0 fully saturated rings. The maximum Gasteiger partial charge on any atom is 0.264 e. The molecule has 1 heterocycles. The summed E-state index contributed by atoms with van der Waals surface area (Å²) in [4.78, 5) is 0.0343. The van der Waals surface area contributed by atoms with Crippen LogP contribution in [-0.2, 0) is 10.0 Å². The Bertz CT molecular complexity index is 874. The summed E-state index contributed by atoms with van der Waals surface area (Å²) < 4.78 is 35.1. The molecule has 0 bridgehead atoms. The number of anilines is 1. The number of hydrogen-bond acceptors (Lipinski definition) is 6. The van der Waals surface area contributed by atoms with Crippen molar-refractivity contribution in [2.75, 3.05) is 4.72 Å². The van der Waals surface area contributed by atoms with E-state index in [1.807, 2.05) is 0 Å². The van der Waals surface area contributed by atoms with Gasteiger partial charge in [-0.1, -0.05) is 18.2 Å². The first-order chi connectivity index (χ1) is 9.58. The van der Waals surface area contributed by atoms with E-state index in [1.165, 1.54) is 18.2 Å². The monoisotopic (exact) mass is 307 g/mol. The van der Waals surface area contributed by atoms with Gasteiger partial charge in [-0.25, -0.2) is 8.42 Å². The zero-order valence-corrected chi connectivity index (χ0v) is 11.6. The van der Waals surface area contributed by atoms with Crippen LogP contribution in [-0.4, -0.2) is 22.3 Å². The second-order valence-electron chi connectivity index (χ2n) is 4.01. The zero-order valence-electron chi connectivity index (χ0n) is 10.0. The topological polar surface area (TPSA) is 92.2 Å². The molecule has 0 unspecified atom stereocenters. The number of rotatable bonds is 3. The number of fused-ring (bicyclic) bond motifs is 1. The van der Waals surface area contributed by atoms with Crippen LogP contribution in [0.1, 0.15) is 0 Å². The highest BCUT2D eigenvalue weighted by atomic mass is 32.2. The molecule has 0 aliphatic rings. The molecule has 0 saturated heterocycles. The minimum absolute atomic E-state index is 0.0343. The highest BCUT2D eigenvalue weighted by Gasteiger charge is 2.20. The first-order valence-electron chi connectivity index (χ1n) is 5.60. The van der Waals surface area contributed by atoms with Gasteiger partial charge >= 0.3 is 0 Å². The van der Waals surface area contributed by atoms with Crippen molar-refractivity contribution in [3.63, 3.8) is 0 Å². The molecule has 0 amide bonds. The van der Waals surface area contributed by atoms with Crippen LogP contribution >= 0.6 is 11.7 Å². The molecule has 3 rings (SSSR count). The minimum atomic E-state index is -3.84. The Morgan fingerprint density at radius 3 is 2.65 bits per heavy atom. The number of aromatic hydroxyl groups is 1. The maximum absolute atomic E-state index is 12.4. The number of phenolic OH excluding ortho intramolecular Hbond substituents is 1. The number of nitrogens with one attached hydrogen (secondary N) is 1. The summed E-state index contributed by atoms with van der Waals surface area (Å²) >= 11 is 0.951. The van der Waals surface area contributed by atoms with E-state index in [9.17, 15) is 13.5 Å². The first kappa shape index (κ1) is 12.8. The van der Waals surface area contributed by atoms with Crippen molar-refractivity contribution in [2.24, 2.45) is 0 Å². The van der Waals surface area contributed by atoms with Crippen molar-refractivity contribution < 1.29 is 13.5 Å². The largest absolute Gasteiger partial charge is 0.506 e. The fourth-order valence-corrected chi connectivity index (χ4v) is 3.60. The van der Waals surface area contributed by atoms with E-state index in [1.54, 1.807) is 24.3 Å². The Kier molecular flexibility index (Phi) is 3.03. The number of nitrogens with zero attached hydrogens (tertiary/aromatic N) is 2. The van der Waals surface area contributed by atoms with Crippen LogP contribution < -0.4 is 4.72 Å². The second kappa shape index (κ2) is 4.73. The molecule has 0 atom stereocenters. The Balaban J connectivity index is 2.09. The van der Waals surface area contributed by atoms with Gasteiger partial charge in [-0.3, -0.25) is 4.72 Å². The Hall–Kier alpha value is -2.19. The Morgan fingerprint density at radius 1 is 1.05 bits per heavy atom. The van der Waals surface area contributed by atoms with Crippen molar-refractivity contribution in [1.82, 2.24) is 8.75 Å². The number of sulfonamides is 1. The lowest BCUT2D eigenvalue weighted by Crippen LogP contribution is -2.13. The average Bonchev–Trinajstić information content (AvgIpc) is 2.89. The smallest absolute Gasteiger partial charge is 0.264 e. The standard InChI is InChI=1S/C12H9N3O3S2/c16-10-6-2-1-4-8(10)15-20(17,18)11-7-3-5-9-12(11)14-19-13-9/h1-7,15-16H. The molecule has 0 aliphatic heterocycles. The van der Waals surface area contributed by atoms with Crippen LogP contribution in [0.3, 0.4) is 0 Å². The third kappa shape index (κ3) is 2.19. The van der Waals surface area contributed by atoms with E-state index in [2.05, 4.69) is 13.5 Å². The highest BCUT2D eigenvalue weighted by molar-refractivity contribution is 7.93. The van der Waals surface area contributed by atoms with Crippen molar-refractivity contribution in [3.8, 4) is 5.75 Å². The maximum atomic E-state index is 12.4. The summed E-state index contributed by atoms with van der Waals surface area (Å²) in [5.41, 5.74) is 0.961. The molecule has 20 heavy (non-hydrogen) atoms. The van der Waals surface area contributed by atoms with Gasteiger partial charge in [0.15, 0.2) is 0 Å². The minimum Gasteiger partial charge on any atom is -0.506 e. The van der Waals surface area contributed by atoms with E-state index < -0.39 is 10.0 Å². The third-order valence-electron chi connectivity index (χ3n) is 2.69. The zero-order chi connectivity index (χ0) is 14.2. The van der Waals surface area contributed by atoms with Gasteiger partial charge in [0, 0.05) is 0 Å². The van der Waals surface area contributed by atoms with E-state index in [0.717, 1.165) is 11.7 Å². The molecule has 2 N–H and O–H groups in total. The molecule has 0 saturated carbocycles. The Labute approximate surface area is 119 Å². The van der Waals surface area contributed by atoms with Crippen molar-refractivity contribution >= 4 is 38.5 Å². The normalized spacial score (nSPS) is 11.6. The summed E-state index contributed by atoms with van der Waals surface area (Å²) in [6.45, 7) is 0. The second-order valence-corrected chi connectivity index (χ2v) is 6.19. The van der Waals surface area contributed by atoms with Gasteiger partial charge in [0.1, 0.15) is 21.7 Å².